The third-order valence-electron chi connectivity index (χ3n) is 2.01. The van der Waals surface area contributed by atoms with E-state index >= 15 is 0 Å². The van der Waals surface area contributed by atoms with Gasteiger partial charge in [-0.2, -0.15) is 0 Å². The Morgan fingerprint density at radius 2 is 2.36 bits per heavy atom. The van der Waals surface area contributed by atoms with Gasteiger partial charge in [-0.1, -0.05) is 17.7 Å². The van der Waals surface area contributed by atoms with E-state index in [-0.39, 0.29) is 6.04 Å². The molecule has 0 amide bonds. The number of methoxy groups -OCH3 is 1. The van der Waals surface area contributed by atoms with Crippen molar-refractivity contribution in [2.45, 2.75) is 12.5 Å². The third-order valence-corrected chi connectivity index (χ3v) is 2.25. The quantitative estimate of drug-likeness (QED) is 0.778. The summed E-state index contributed by atoms with van der Waals surface area (Å²) in [6.07, 6.45) is 2.49. The lowest BCUT2D eigenvalue weighted by atomic mass is 10.0. The van der Waals surface area contributed by atoms with E-state index in [1.54, 1.807) is 19.3 Å². The van der Waals surface area contributed by atoms with Crippen LogP contribution in [-0.2, 0) is 0 Å². The van der Waals surface area contributed by atoms with Gasteiger partial charge in [-0.05, 0) is 24.6 Å². The first-order valence-corrected chi connectivity index (χ1v) is 4.76. The highest BCUT2D eigenvalue weighted by molar-refractivity contribution is 6.30. The Morgan fingerprint density at radius 1 is 1.64 bits per heavy atom. The molecule has 0 bridgehead atoms. The van der Waals surface area contributed by atoms with Gasteiger partial charge in [0.25, 0.3) is 0 Å². The number of ether oxygens (including phenoxy) is 1. The highest BCUT2D eigenvalue weighted by Gasteiger charge is 2.10. The molecule has 0 fully saturated rings. The van der Waals surface area contributed by atoms with E-state index in [9.17, 15) is 0 Å². The molecular weight excluding hydrogens is 198 g/mol. The molecular formula is C11H14ClNO. The zero-order valence-electron chi connectivity index (χ0n) is 8.16. The van der Waals surface area contributed by atoms with Crippen molar-refractivity contribution in [3.63, 3.8) is 0 Å². The fourth-order valence-electron chi connectivity index (χ4n) is 1.30. The van der Waals surface area contributed by atoms with Crippen molar-refractivity contribution in [3.8, 4) is 5.75 Å². The standard InChI is InChI=1S/C11H14ClNO/c1-3-4-10(13)9-7-8(12)5-6-11(9)14-2/h3,5-7,10H,1,4,13H2,2H3/t10-/m1/s1. The fourth-order valence-corrected chi connectivity index (χ4v) is 1.48. The van der Waals surface area contributed by atoms with Gasteiger partial charge in [-0.3, -0.25) is 0 Å². The van der Waals surface area contributed by atoms with E-state index < -0.39 is 0 Å². The molecule has 1 rings (SSSR count). The molecule has 0 radical (unpaired) electrons. The summed E-state index contributed by atoms with van der Waals surface area (Å²) in [7, 11) is 1.62. The van der Waals surface area contributed by atoms with Crippen molar-refractivity contribution < 1.29 is 4.74 Å². The smallest absolute Gasteiger partial charge is 0.123 e. The van der Waals surface area contributed by atoms with Crippen LogP contribution in [0.4, 0.5) is 0 Å². The maximum absolute atomic E-state index is 5.94. The lowest BCUT2D eigenvalue weighted by Gasteiger charge is -2.14. The van der Waals surface area contributed by atoms with Gasteiger partial charge in [-0.15, -0.1) is 6.58 Å². The molecule has 0 spiro atoms. The number of hydrogen-bond acceptors (Lipinski definition) is 2. The van der Waals surface area contributed by atoms with Gasteiger partial charge in [0.15, 0.2) is 0 Å². The summed E-state index contributed by atoms with van der Waals surface area (Å²) < 4.78 is 5.19. The Kier molecular flexibility index (Phi) is 3.98. The first-order valence-electron chi connectivity index (χ1n) is 4.39. The summed E-state index contributed by atoms with van der Waals surface area (Å²) in [5.41, 5.74) is 6.86. The minimum absolute atomic E-state index is 0.110. The zero-order chi connectivity index (χ0) is 10.6. The van der Waals surface area contributed by atoms with Gasteiger partial charge < -0.3 is 10.5 Å². The highest BCUT2D eigenvalue weighted by atomic mass is 35.5. The van der Waals surface area contributed by atoms with Crippen LogP contribution in [0.2, 0.25) is 5.02 Å². The van der Waals surface area contributed by atoms with E-state index in [0.717, 1.165) is 11.3 Å². The lowest BCUT2D eigenvalue weighted by Crippen LogP contribution is -2.10. The number of benzene rings is 1. The van der Waals surface area contributed by atoms with Crippen molar-refractivity contribution >= 4 is 11.6 Å². The second-order valence-corrected chi connectivity index (χ2v) is 3.45. The van der Waals surface area contributed by atoms with Crippen LogP contribution in [0.3, 0.4) is 0 Å². The minimum atomic E-state index is -0.110. The molecule has 1 aromatic rings. The molecule has 76 valence electrons. The minimum Gasteiger partial charge on any atom is -0.496 e. The Hall–Kier alpha value is -0.990. The number of rotatable bonds is 4. The zero-order valence-corrected chi connectivity index (χ0v) is 8.92. The summed E-state index contributed by atoms with van der Waals surface area (Å²) in [6.45, 7) is 3.65. The average Bonchev–Trinajstić information content (AvgIpc) is 2.18. The normalized spacial score (nSPS) is 12.2. The Balaban J connectivity index is 3.02. The van der Waals surface area contributed by atoms with Gasteiger partial charge in [0, 0.05) is 16.6 Å². The molecule has 3 heteroatoms. The Morgan fingerprint density at radius 3 is 2.93 bits per heavy atom. The second-order valence-electron chi connectivity index (χ2n) is 3.02. The predicted octanol–water partition coefficient (Wildman–Crippen LogP) is 2.92. The van der Waals surface area contributed by atoms with Crippen LogP contribution in [0.1, 0.15) is 18.0 Å². The first kappa shape index (κ1) is 11.1. The monoisotopic (exact) mass is 211 g/mol. The molecule has 0 aliphatic heterocycles. The molecule has 0 aliphatic rings. The van der Waals surface area contributed by atoms with Crippen LogP contribution >= 0.6 is 11.6 Å². The van der Waals surface area contributed by atoms with Crippen LogP contribution in [0.15, 0.2) is 30.9 Å². The van der Waals surface area contributed by atoms with Crippen LogP contribution < -0.4 is 10.5 Å². The first-order chi connectivity index (χ1) is 6.69. The topological polar surface area (TPSA) is 35.2 Å². The second kappa shape index (κ2) is 5.03. The largest absolute Gasteiger partial charge is 0.496 e. The van der Waals surface area contributed by atoms with E-state index in [2.05, 4.69) is 6.58 Å². The lowest BCUT2D eigenvalue weighted by molar-refractivity contribution is 0.406. The Labute approximate surface area is 89.3 Å². The van der Waals surface area contributed by atoms with E-state index in [4.69, 9.17) is 22.1 Å². The van der Waals surface area contributed by atoms with Crippen LogP contribution in [-0.4, -0.2) is 7.11 Å². The third kappa shape index (κ3) is 2.50. The Bertz CT molecular complexity index is 325. The molecule has 0 unspecified atom stereocenters. The van der Waals surface area contributed by atoms with E-state index in [1.165, 1.54) is 0 Å². The number of nitrogens with two attached hydrogens (primary N) is 1. The van der Waals surface area contributed by atoms with Gasteiger partial charge >= 0.3 is 0 Å². The molecule has 0 saturated heterocycles. The summed E-state index contributed by atoms with van der Waals surface area (Å²) in [5, 5.41) is 0.667. The van der Waals surface area contributed by atoms with Crippen LogP contribution in [0.25, 0.3) is 0 Å². The van der Waals surface area contributed by atoms with E-state index in [0.29, 0.717) is 11.4 Å². The van der Waals surface area contributed by atoms with Crippen LogP contribution in [0, 0.1) is 0 Å². The van der Waals surface area contributed by atoms with Crippen molar-refractivity contribution in [2.75, 3.05) is 7.11 Å². The SMILES string of the molecule is C=CC[C@@H](N)c1cc(Cl)ccc1OC. The van der Waals surface area contributed by atoms with E-state index in [1.807, 2.05) is 12.1 Å². The number of halogens is 1. The summed E-state index contributed by atoms with van der Waals surface area (Å²) in [4.78, 5) is 0. The molecule has 14 heavy (non-hydrogen) atoms. The predicted molar refractivity (Wildman–Crippen MR) is 59.7 cm³/mol. The molecule has 1 aromatic carbocycles. The summed E-state index contributed by atoms with van der Waals surface area (Å²) in [5.74, 6) is 0.767. The maximum Gasteiger partial charge on any atom is 0.123 e. The molecule has 0 saturated carbocycles. The highest BCUT2D eigenvalue weighted by Crippen LogP contribution is 2.28. The molecule has 0 aromatic heterocycles. The summed E-state index contributed by atoms with van der Waals surface area (Å²) in [6, 6.07) is 5.32. The van der Waals surface area contributed by atoms with Crippen molar-refractivity contribution in [1.82, 2.24) is 0 Å². The van der Waals surface area contributed by atoms with Crippen LogP contribution in [0.5, 0.6) is 5.75 Å². The van der Waals surface area contributed by atoms with Gasteiger partial charge in [0.1, 0.15) is 5.75 Å². The van der Waals surface area contributed by atoms with Crippen molar-refractivity contribution in [3.05, 3.63) is 41.4 Å². The molecule has 0 aliphatic carbocycles. The molecule has 1 atom stereocenters. The van der Waals surface area contributed by atoms with Gasteiger partial charge in [0.05, 0.1) is 7.11 Å². The van der Waals surface area contributed by atoms with Crippen molar-refractivity contribution in [2.24, 2.45) is 5.73 Å². The maximum atomic E-state index is 5.94. The molecule has 2 nitrogen and oxygen atoms in total. The molecule has 0 heterocycles. The van der Waals surface area contributed by atoms with Gasteiger partial charge in [-0.25, -0.2) is 0 Å². The average molecular weight is 212 g/mol. The van der Waals surface area contributed by atoms with Gasteiger partial charge in [0.2, 0.25) is 0 Å². The number of hydrogen-bond donors (Lipinski definition) is 1. The molecule has 2 N–H and O–H groups in total. The fraction of sp³-hybridized carbons (Fsp3) is 0.273. The summed E-state index contributed by atoms with van der Waals surface area (Å²) >= 11 is 5.88. The van der Waals surface area contributed by atoms with Crippen molar-refractivity contribution in [1.29, 1.82) is 0 Å².